The summed E-state index contributed by atoms with van der Waals surface area (Å²) in [6.07, 6.45) is 1.68. The highest BCUT2D eigenvalue weighted by Gasteiger charge is 2.11. The summed E-state index contributed by atoms with van der Waals surface area (Å²) in [6.45, 7) is 6.67. The van der Waals surface area contributed by atoms with Gasteiger partial charge in [-0.1, -0.05) is 31.5 Å². The molecule has 0 amide bonds. The molecule has 0 bridgehead atoms. The highest BCUT2D eigenvalue weighted by molar-refractivity contribution is 6.30. The van der Waals surface area contributed by atoms with Gasteiger partial charge in [-0.25, -0.2) is 9.37 Å². The van der Waals surface area contributed by atoms with Crippen LogP contribution in [0.1, 0.15) is 25.1 Å². The van der Waals surface area contributed by atoms with Crippen molar-refractivity contribution in [3.05, 3.63) is 46.5 Å². The van der Waals surface area contributed by atoms with E-state index in [1.807, 2.05) is 6.92 Å². The molecule has 4 nitrogen and oxygen atoms in total. The van der Waals surface area contributed by atoms with Gasteiger partial charge in [0.1, 0.15) is 0 Å². The average Bonchev–Trinajstić information content (AvgIpc) is 2.43. The zero-order chi connectivity index (χ0) is 15.4. The van der Waals surface area contributed by atoms with Crippen LogP contribution in [0.5, 0.6) is 11.8 Å². The zero-order valence-corrected chi connectivity index (χ0v) is 12.9. The maximum Gasteiger partial charge on any atom is 0.322 e. The first kappa shape index (κ1) is 15.7. The number of rotatable bonds is 5. The van der Waals surface area contributed by atoms with Gasteiger partial charge in [0.25, 0.3) is 0 Å². The minimum atomic E-state index is -0.619. The summed E-state index contributed by atoms with van der Waals surface area (Å²) in [6, 6.07) is 5.02. The summed E-state index contributed by atoms with van der Waals surface area (Å²) in [5, 5.41) is 3.29. The Morgan fingerprint density at radius 2 is 2.14 bits per heavy atom. The van der Waals surface area contributed by atoms with Crippen LogP contribution in [0.3, 0.4) is 0 Å². The van der Waals surface area contributed by atoms with Crippen LogP contribution in [0.4, 0.5) is 4.39 Å². The Morgan fingerprint density at radius 1 is 1.38 bits per heavy atom. The standard InChI is InChI=1S/C15H17ClFN3O/c1-9(2)18-7-11-8-19-15(20-10(11)3)21-13-6-4-5-12(16)14(13)17/h4-6,8-9,18H,7H2,1-3H3. The van der Waals surface area contributed by atoms with E-state index in [1.165, 1.54) is 12.1 Å². The maximum atomic E-state index is 13.8. The summed E-state index contributed by atoms with van der Waals surface area (Å²) < 4.78 is 19.1. The van der Waals surface area contributed by atoms with Crippen LogP contribution in [0.25, 0.3) is 0 Å². The normalized spacial score (nSPS) is 11.0. The minimum Gasteiger partial charge on any atom is -0.421 e. The molecule has 0 aliphatic heterocycles. The van der Waals surface area contributed by atoms with E-state index in [9.17, 15) is 4.39 Å². The third kappa shape index (κ3) is 4.12. The Kier molecular flexibility index (Phi) is 5.09. The molecule has 0 spiro atoms. The maximum absolute atomic E-state index is 13.8. The third-order valence-corrected chi connectivity index (χ3v) is 3.17. The fourth-order valence-corrected chi connectivity index (χ4v) is 1.83. The Morgan fingerprint density at radius 3 is 2.81 bits per heavy atom. The van der Waals surface area contributed by atoms with Gasteiger partial charge < -0.3 is 10.1 Å². The van der Waals surface area contributed by atoms with Crippen molar-refractivity contribution in [2.45, 2.75) is 33.4 Å². The molecule has 2 aromatic rings. The number of hydrogen-bond acceptors (Lipinski definition) is 4. The Balaban J connectivity index is 2.15. The highest BCUT2D eigenvalue weighted by atomic mass is 35.5. The van der Waals surface area contributed by atoms with Gasteiger partial charge in [-0.3, -0.25) is 0 Å². The molecule has 21 heavy (non-hydrogen) atoms. The van der Waals surface area contributed by atoms with Gasteiger partial charge in [0.15, 0.2) is 11.6 Å². The molecule has 1 aromatic heterocycles. The Labute approximate surface area is 128 Å². The molecule has 1 heterocycles. The van der Waals surface area contributed by atoms with Crippen molar-refractivity contribution < 1.29 is 9.13 Å². The number of ether oxygens (including phenoxy) is 1. The molecule has 0 aliphatic carbocycles. The number of halogens is 2. The molecule has 0 saturated heterocycles. The van der Waals surface area contributed by atoms with Crippen LogP contribution in [-0.4, -0.2) is 16.0 Å². The van der Waals surface area contributed by atoms with Crippen molar-refractivity contribution in [1.29, 1.82) is 0 Å². The molecule has 112 valence electrons. The number of benzene rings is 1. The van der Waals surface area contributed by atoms with E-state index in [-0.39, 0.29) is 16.8 Å². The zero-order valence-electron chi connectivity index (χ0n) is 12.2. The van der Waals surface area contributed by atoms with Crippen LogP contribution < -0.4 is 10.1 Å². The quantitative estimate of drug-likeness (QED) is 0.911. The van der Waals surface area contributed by atoms with E-state index in [2.05, 4.69) is 29.1 Å². The molecule has 1 aromatic carbocycles. The van der Waals surface area contributed by atoms with Crippen LogP contribution in [-0.2, 0) is 6.54 Å². The van der Waals surface area contributed by atoms with E-state index < -0.39 is 5.82 Å². The van der Waals surface area contributed by atoms with Crippen molar-refractivity contribution in [3.63, 3.8) is 0 Å². The third-order valence-electron chi connectivity index (χ3n) is 2.88. The van der Waals surface area contributed by atoms with E-state index in [1.54, 1.807) is 12.3 Å². The predicted octanol–water partition coefficient (Wildman–Crippen LogP) is 3.87. The lowest BCUT2D eigenvalue weighted by atomic mass is 10.2. The van der Waals surface area contributed by atoms with E-state index in [4.69, 9.17) is 16.3 Å². The van der Waals surface area contributed by atoms with Gasteiger partial charge in [0.2, 0.25) is 0 Å². The first-order valence-corrected chi connectivity index (χ1v) is 7.03. The van der Waals surface area contributed by atoms with E-state index in [0.29, 0.717) is 12.6 Å². The van der Waals surface area contributed by atoms with Crippen molar-refractivity contribution in [2.24, 2.45) is 0 Å². The number of aryl methyl sites for hydroxylation is 1. The summed E-state index contributed by atoms with van der Waals surface area (Å²) in [7, 11) is 0. The number of nitrogens with one attached hydrogen (secondary N) is 1. The molecule has 0 unspecified atom stereocenters. The Bertz CT molecular complexity index is 634. The van der Waals surface area contributed by atoms with Crippen molar-refractivity contribution in [1.82, 2.24) is 15.3 Å². The van der Waals surface area contributed by atoms with E-state index in [0.717, 1.165) is 11.3 Å². The monoisotopic (exact) mass is 309 g/mol. The molecular weight excluding hydrogens is 293 g/mol. The van der Waals surface area contributed by atoms with Crippen LogP contribution >= 0.6 is 11.6 Å². The second-order valence-electron chi connectivity index (χ2n) is 4.95. The lowest BCUT2D eigenvalue weighted by Gasteiger charge is -2.11. The molecule has 2 rings (SSSR count). The van der Waals surface area contributed by atoms with Crippen molar-refractivity contribution >= 4 is 11.6 Å². The number of hydrogen-bond donors (Lipinski definition) is 1. The van der Waals surface area contributed by atoms with Gasteiger partial charge >= 0.3 is 6.01 Å². The lowest BCUT2D eigenvalue weighted by Crippen LogP contribution is -2.22. The molecule has 0 radical (unpaired) electrons. The smallest absolute Gasteiger partial charge is 0.322 e. The molecule has 1 N–H and O–H groups in total. The average molecular weight is 310 g/mol. The van der Waals surface area contributed by atoms with Gasteiger partial charge in [0.05, 0.1) is 5.02 Å². The Hall–Kier alpha value is -1.72. The van der Waals surface area contributed by atoms with Gasteiger partial charge in [-0.15, -0.1) is 0 Å². The molecule has 6 heteroatoms. The topological polar surface area (TPSA) is 47.0 Å². The van der Waals surface area contributed by atoms with Gasteiger partial charge in [-0.2, -0.15) is 4.98 Å². The lowest BCUT2D eigenvalue weighted by molar-refractivity contribution is 0.409. The molecule has 0 fully saturated rings. The van der Waals surface area contributed by atoms with E-state index >= 15 is 0 Å². The highest BCUT2D eigenvalue weighted by Crippen LogP contribution is 2.27. The summed E-state index contributed by atoms with van der Waals surface area (Å²) >= 11 is 5.70. The fourth-order valence-electron chi connectivity index (χ4n) is 1.67. The largest absolute Gasteiger partial charge is 0.421 e. The SMILES string of the molecule is Cc1nc(Oc2cccc(Cl)c2F)ncc1CNC(C)C. The summed E-state index contributed by atoms with van der Waals surface area (Å²) in [5.41, 5.74) is 1.76. The molecular formula is C15H17ClFN3O. The summed E-state index contributed by atoms with van der Waals surface area (Å²) in [4.78, 5) is 8.33. The minimum absolute atomic E-state index is 0.00183. The number of nitrogens with zero attached hydrogens (tertiary/aromatic N) is 2. The first-order valence-electron chi connectivity index (χ1n) is 6.65. The molecule has 0 atom stereocenters. The second-order valence-corrected chi connectivity index (χ2v) is 5.36. The van der Waals surface area contributed by atoms with Crippen molar-refractivity contribution in [2.75, 3.05) is 0 Å². The van der Waals surface area contributed by atoms with Crippen LogP contribution in [0.15, 0.2) is 24.4 Å². The molecule has 0 aliphatic rings. The van der Waals surface area contributed by atoms with Crippen LogP contribution in [0, 0.1) is 12.7 Å². The van der Waals surface area contributed by atoms with Crippen LogP contribution in [0.2, 0.25) is 5.02 Å². The number of aromatic nitrogens is 2. The van der Waals surface area contributed by atoms with Gasteiger partial charge in [0, 0.05) is 30.0 Å². The first-order chi connectivity index (χ1) is 9.97. The fraction of sp³-hybridized carbons (Fsp3) is 0.333. The second kappa shape index (κ2) is 6.83. The molecule has 0 saturated carbocycles. The van der Waals surface area contributed by atoms with Crippen molar-refractivity contribution in [3.8, 4) is 11.8 Å². The summed E-state index contributed by atoms with van der Waals surface area (Å²) in [5.74, 6) is -0.610. The van der Waals surface area contributed by atoms with Gasteiger partial charge in [-0.05, 0) is 19.1 Å². The predicted molar refractivity (Wildman–Crippen MR) is 80.2 cm³/mol.